The summed E-state index contributed by atoms with van der Waals surface area (Å²) in [6.45, 7) is 0.456. The first-order valence-electron chi connectivity index (χ1n) is 9.20. The van der Waals surface area contributed by atoms with E-state index in [0.29, 0.717) is 10.1 Å². The SMILES string of the molecule is O=C(c1sc2cc([N+](=O)[O-])ccc2c1Cl)N1CCN(S(=O)(=O)c2cc(Cl)ccc2Cl)CC1. The van der Waals surface area contributed by atoms with E-state index < -0.39 is 14.9 Å². The van der Waals surface area contributed by atoms with E-state index in [9.17, 15) is 23.3 Å². The molecular weight excluding hydrogens is 521 g/mol. The van der Waals surface area contributed by atoms with Crippen molar-refractivity contribution in [3.8, 4) is 0 Å². The Balaban J connectivity index is 1.53. The predicted octanol–water partition coefficient (Wildman–Crippen LogP) is 4.92. The number of nitro groups is 1. The number of thiophene rings is 1. The summed E-state index contributed by atoms with van der Waals surface area (Å²) in [6, 6.07) is 8.45. The fourth-order valence-corrected chi connectivity index (χ4v) is 7.07. The molecule has 1 aliphatic rings. The number of halogens is 3. The number of nitrogens with zero attached hydrogens (tertiary/aromatic N) is 3. The molecule has 0 N–H and O–H groups in total. The molecule has 1 saturated heterocycles. The van der Waals surface area contributed by atoms with Crippen LogP contribution in [0, 0.1) is 10.1 Å². The molecule has 0 bridgehead atoms. The Morgan fingerprint density at radius 3 is 2.38 bits per heavy atom. The Morgan fingerprint density at radius 1 is 1.03 bits per heavy atom. The van der Waals surface area contributed by atoms with Gasteiger partial charge in [0.1, 0.15) is 9.77 Å². The second-order valence-corrected chi connectivity index (χ2v) is 11.1. The van der Waals surface area contributed by atoms with Gasteiger partial charge < -0.3 is 4.90 Å². The maximum Gasteiger partial charge on any atom is 0.270 e. The molecule has 1 amide bonds. The van der Waals surface area contributed by atoms with Crippen LogP contribution in [0.5, 0.6) is 0 Å². The third-order valence-electron chi connectivity index (χ3n) is 5.06. The van der Waals surface area contributed by atoms with Crippen LogP contribution in [0.15, 0.2) is 41.3 Å². The maximum absolute atomic E-state index is 13.0. The fraction of sp³-hybridized carbons (Fsp3) is 0.211. The molecule has 1 fully saturated rings. The third-order valence-corrected chi connectivity index (χ3v) is 9.32. The van der Waals surface area contributed by atoms with Crippen LogP contribution < -0.4 is 0 Å². The Hall–Kier alpha value is -1.95. The topological polar surface area (TPSA) is 101 Å². The van der Waals surface area contributed by atoms with Crippen LogP contribution in [-0.2, 0) is 10.0 Å². The van der Waals surface area contributed by atoms with Gasteiger partial charge >= 0.3 is 0 Å². The number of piperazine rings is 1. The first kappa shape index (κ1) is 23.2. The van der Waals surface area contributed by atoms with Gasteiger partial charge in [-0.1, -0.05) is 34.8 Å². The molecule has 0 atom stereocenters. The molecular formula is C19H14Cl3N3O5S2. The summed E-state index contributed by atoms with van der Waals surface area (Å²) in [5, 5.41) is 12.1. The number of hydrogen-bond donors (Lipinski definition) is 0. The number of hydrogen-bond acceptors (Lipinski definition) is 6. The molecule has 0 unspecified atom stereocenters. The van der Waals surface area contributed by atoms with Crippen molar-refractivity contribution in [3.63, 3.8) is 0 Å². The average molecular weight is 535 g/mol. The van der Waals surface area contributed by atoms with Crippen LogP contribution in [0.1, 0.15) is 9.67 Å². The van der Waals surface area contributed by atoms with E-state index in [-0.39, 0.29) is 62.6 Å². The largest absolute Gasteiger partial charge is 0.335 e. The normalized spacial score (nSPS) is 15.3. The maximum atomic E-state index is 13.0. The van der Waals surface area contributed by atoms with Crippen molar-refractivity contribution in [2.24, 2.45) is 0 Å². The van der Waals surface area contributed by atoms with Gasteiger partial charge in [0.2, 0.25) is 10.0 Å². The van der Waals surface area contributed by atoms with Crippen LogP contribution in [0.4, 0.5) is 5.69 Å². The standard InChI is InChI=1S/C19H14Cl3N3O5S2/c20-11-1-4-14(21)16(9-11)32(29,30)24-7-5-23(6-8-24)19(26)18-17(22)13-3-2-12(25(27)28)10-15(13)31-18/h1-4,9-10H,5-8H2. The molecule has 2 aromatic carbocycles. The number of sulfonamides is 1. The van der Waals surface area contributed by atoms with Crippen molar-refractivity contribution in [1.82, 2.24) is 9.21 Å². The lowest BCUT2D eigenvalue weighted by Gasteiger charge is -2.34. The fourth-order valence-electron chi connectivity index (χ4n) is 3.39. The summed E-state index contributed by atoms with van der Waals surface area (Å²) in [5.41, 5.74) is -0.0899. The van der Waals surface area contributed by atoms with Crippen molar-refractivity contribution in [2.45, 2.75) is 4.90 Å². The highest BCUT2D eigenvalue weighted by Gasteiger charge is 2.33. The van der Waals surface area contributed by atoms with Crippen LogP contribution in [-0.4, -0.2) is 54.6 Å². The lowest BCUT2D eigenvalue weighted by atomic mass is 10.2. The highest BCUT2D eigenvalue weighted by Crippen LogP contribution is 2.38. The van der Waals surface area contributed by atoms with Crippen LogP contribution >= 0.6 is 46.1 Å². The van der Waals surface area contributed by atoms with Crippen molar-refractivity contribution >= 4 is 77.8 Å². The summed E-state index contributed by atoms with van der Waals surface area (Å²) < 4.78 is 27.7. The number of fused-ring (bicyclic) bond motifs is 1. The molecule has 1 aromatic heterocycles. The molecule has 1 aliphatic heterocycles. The second kappa shape index (κ2) is 8.77. The smallest absolute Gasteiger partial charge is 0.270 e. The Bertz CT molecular complexity index is 1350. The molecule has 8 nitrogen and oxygen atoms in total. The Kier molecular flexibility index (Phi) is 6.36. The van der Waals surface area contributed by atoms with Gasteiger partial charge in [-0.3, -0.25) is 14.9 Å². The first-order valence-corrected chi connectivity index (χ1v) is 12.6. The summed E-state index contributed by atoms with van der Waals surface area (Å²) in [4.78, 5) is 25.2. The molecule has 0 spiro atoms. The summed E-state index contributed by atoms with van der Waals surface area (Å²) in [6.07, 6.45) is 0. The molecule has 4 rings (SSSR count). The summed E-state index contributed by atoms with van der Waals surface area (Å²) >= 11 is 19.4. The number of benzene rings is 2. The van der Waals surface area contributed by atoms with Gasteiger partial charge in [0.15, 0.2) is 0 Å². The number of non-ortho nitro benzene ring substituents is 1. The van der Waals surface area contributed by atoms with Crippen LogP contribution in [0.3, 0.4) is 0 Å². The van der Waals surface area contributed by atoms with E-state index in [1.807, 2.05) is 0 Å². The summed E-state index contributed by atoms with van der Waals surface area (Å²) in [5.74, 6) is -0.350. The highest BCUT2D eigenvalue weighted by atomic mass is 35.5. The zero-order valence-corrected chi connectivity index (χ0v) is 20.0. The molecule has 0 aliphatic carbocycles. The van der Waals surface area contributed by atoms with Crippen molar-refractivity contribution in [1.29, 1.82) is 0 Å². The lowest BCUT2D eigenvalue weighted by molar-refractivity contribution is -0.384. The molecule has 0 saturated carbocycles. The van der Waals surface area contributed by atoms with Gasteiger partial charge in [0.05, 0.1) is 15.0 Å². The van der Waals surface area contributed by atoms with Gasteiger partial charge in [-0.15, -0.1) is 11.3 Å². The van der Waals surface area contributed by atoms with Gasteiger partial charge in [-0.05, 0) is 24.3 Å². The van der Waals surface area contributed by atoms with Gasteiger partial charge in [-0.2, -0.15) is 4.31 Å². The Labute approximate surface area is 202 Å². The minimum atomic E-state index is -3.88. The van der Waals surface area contributed by atoms with Gasteiger partial charge in [0, 0.05) is 53.4 Å². The van der Waals surface area contributed by atoms with Crippen molar-refractivity contribution in [2.75, 3.05) is 26.2 Å². The van der Waals surface area contributed by atoms with Crippen LogP contribution in [0.25, 0.3) is 10.1 Å². The predicted molar refractivity (Wildman–Crippen MR) is 125 cm³/mol. The second-order valence-electron chi connectivity index (χ2n) is 6.95. The van der Waals surface area contributed by atoms with Crippen molar-refractivity contribution in [3.05, 3.63) is 66.5 Å². The van der Waals surface area contributed by atoms with Crippen LogP contribution in [0.2, 0.25) is 15.1 Å². The van der Waals surface area contributed by atoms with Gasteiger partial charge in [-0.25, -0.2) is 8.42 Å². The minimum Gasteiger partial charge on any atom is -0.335 e. The zero-order chi connectivity index (χ0) is 23.2. The highest BCUT2D eigenvalue weighted by molar-refractivity contribution is 7.89. The molecule has 32 heavy (non-hydrogen) atoms. The molecule has 0 radical (unpaired) electrons. The van der Waals surface area contributed by atoms with E-state index in [0.717, 1.165) is 11.3 Å². The number of carbonyl (C=O) groups is 1. The van der Waals surface area contributed by atoms with E-state index in [2.05, 4.69) is 0 Å². The zero-order valence-electron chi connectivity index (χ0n) is 16.1. The number of nitro benzene ring substituents is 1. The Morgan fingerprint density at radius 2 is 1.72 bits per heavy atom. The van der Waals surface area contributed by atoms with Gasteiger partial charge in [0.25, 0.3) is 11.6 Å². The minimum absolute atomic E-state index is 0.0686. The monoisotopic (exact) mass is 533 g/mol. The molecule has 3 aromatic rings. The quantitative estimate of drug-likeness (QED) is 0.349. The van der Waals surface area contributed by atoms with E-state index in [4.69, 9.17) is 34.8 Å². The van der Waals surface area contributed by atoms with E-state index in [1.54, 1.807) is 0 Å². The first-order chi connectivity index (χ1) is 15.1. The lowest BCUT2D eigenvalue weighted by Crippen LogP contribution is -2.50. The number of rotatable bonds is 4. The van der Waals surface area contributed by atoms with E-state index in [1.165, 1.54) is 45.6 Å². The summed E-state index contributed by atoms with van der Waals surface area (Å²) in [7, 11) is -3.88. The third kappa shape index (κ3) is 4.18. The molecule has 168 valence electrons. The molecule has 2 heterocycles. The number of carbonyl (C=O) groups excluding carboxylic acids is 1. The average Bonchev–Trinajstić information content (AvgIpc) is 3.10. The number of amides is 1. The van der Waals surface area contributed by atoms with E-state index >= 15 is 0 Å². The molecule has 13 heteroatoms. The van der Waals surface area contributed by atoms with Crippen molar-refractivity contribution < 1.29 is 18.1 Å².